The van der Waals surface area contributed by atoms with Gasteiger partial charge in [0.1, 0.15) is 10.8 Å². The number of nitro benzene ring substituents is 1. The van der Waals surface area contributed by atoms with Gasteiger partial charge in [0, 0.05) is 13.0 Å². The number of anilines is 1. The summed E-state index contributed by atoms with van der Waals surface area (Å²) in [6.07, 6.45) is 0.269. The molecule has 0 radical (unpaired) electrons. The Morgan fingerprint density at radius 3 is 2.38 bits per heavy atom. The minimum Gasteiger partial charge on any atom is -0.494 e. The van der Waals surface area contributed by atoms with E-state index in [0.29, 0.717) is 11.1 Å². The monoisotopic (exact) mass is 417 g/mol. The third kappa shape index (κ3) is 4.04. The van der Waals surface area contributed by atoms with Crippen LogP contribution in [0.2, 0.25) is 5.02 Å². The summed E-state index contributed by atoms with van der Waals surface area (Å²) in [5, 5.41) is 13.4. The molecule has 0 spiro atoms. The highest BCUT2D eigenvalue weighted by molar-refractivity contribution is 6.33. The number of carbonyl (C=O) groups excluding carboxylic acids is 3. The van der Waals surface area contributed by atoms with Crippen LogP contribution in [0.25, 0.3) is 0 Å². The van der Waals surface area contributed by atoms with Gasteiger partial charge < -0.3 is 10.1 Å². The third-order valence-corrected chi connectivity index (χ3v) is 4.71. The largest absolute Gasteiger partial charge is 0.494 e. The van der Waals surface area contributed by atoms with Crippen LogP contribution in [-0.2, 0) is 4.79 Å². The summed E-state index contributed by atoms with van der Waals surface area (Å²) in [5.41, 5.74) is 0.556. The van der Waals surface area contributed by atoms with Crippen molar-refractivity contribution in [2.24, 2.45) is 0 Å². The number of benzene rings is 2. The molecule has 0 aliphatic carbocycles. The Hall–Kier alpha value is -3.46. The fourth-order valence-electron chi connectivity index (χ4n) is 3.00. The SMILES string of the molecule is COc1cc([N+](=O)[O-])c(Cl)cc1NC(=O)CCCN1C(=O)c2ccccc2C1=O. The maximum atomic E-state index is 12.3. The number of halogens is 1. The summed E-state index contributed by atoms with van der Waals surface area (Å²) >= 11 is 5.87. The number of carbonyl (C=O) groups is 3. The Bertz CT molecular complexity index is 988. The Morgan fingerprint density at radius 1 is 1.21 bits per heavy atom. The lowest BCUT2D eigenvalue weighted by Gasteiger charge is -2.14. The number of nitrogens with zero attached hydrogens (tertiary/aromatic N) is 2. The molecule has 0 aromatic heterocycles. The summed E-state index contributed by atoms with van der Waals surface area (Å²) in [4.78, 5) is 48.2. The van der Waals surface area contributed by atoms with Crippen LogP contribution in [0.15, 0.2) is 36.4 Å². The molecular formula is C19H16ClN3O6. The number of hydrogen-bond acceptors (Lipinski definition) is 6. The molecule has 1 heterocycles. The average Bonchev–Trinajstić information content (AvgIpc) is 2.93. The molecule has 1 aliphatic heterocycles. The lowest BCUT2D eigenvalue weighted by Crippen LogP contribution is -2.31. The van der Waals surface area contributed by atoms with Crippen molar-refractivity contribution in [3.8, 4) is 5.75 Å². The number of amides is 3. The van der Waals surface area contributed by atoms with Crippen LogP contribution in [0.5, 0.6) is 5.75 Å². The zero-order chi connectivity index (χ0) is 21.1. The van der Waals surface area contributed by atoms with Gasteiger partial charge in [-0.1, -0.05) is 23.7 Å². The van der Waals surface area contributed by atoms with E-state index in [9.17, 15) is 24.5 Å². The summed E-state index contributed by atoms with van der Waals surface area (Å²) in [5.74, 6) is -1.08. The van der Waals surface area contributed by atoms with E-state index in [2.05, 4.69) is 5.32 Å². The standard InChI is InChI=1S/C19H16ClN3O6/c1-29-16-10-15(23(27)28)13(20)9-14(16)21-17(24)7-4-8-22-18(25)11-5-2-3-6-12(11)19(22)26/h2-3,5-6,9-10H,4,7-8H2,1H3,(H,21,24). The van der Waals surface area contributed by atoms with Gasteiger partial charge >= 0.3 is 0 Å². The number of imide groups is 1. The predicted molar refractivity (Wildman–Crippen MR) is 104 cm³/mol. The maximum Gasteiger partial charge on any atom is 0.291 e. The van der Waals surface area contributed by atoms with Crippen molar-refractivity contribution in [3.05, 3.63) is 62.7 Å². The molecule has 150 valence electrons. The summed E-state index contributed by atoms with van der Waals surface area (Å²) in [6.45, 7) is 0.0952. The van der Waals surface area contributed by atoms with Gasteiger partial charge in [-0.15, -0.1) is 0 Å². The Morgan fingerprint density at radius 2 is 1.83 bits per heavy atom. The van der Waals surface area contributed by atoms with E-state index in [1.165, 1.54) is 13.2 Å². The van der Waals surface area contributed by atoms with Crippen LogP contribution in [0.4, 0.5) is 11.4 Å². The molecule has 2 aromatic carbocycles. The zero-order valence-electron chi connectivity index (χ0n) is 15.3. The number of methoxy groups -OCH3 is 1. The molecule has 29 heavy (non-hydrogen) atoms. The highest BCUT2D eigenvalue weighted by atomic mass is 35.5. The molecular weight excluding hydrogens is 402 g/mol. The van der Waals surface area contributed by atoms with Crippen molar-refractivity contribution in [1.29, 1.82) is 0 Å². The molecule has 0 unspecified atom stereocenters. The molecule has 3 amide bonds. The van der Waals surface area contributed by atoms with Gasteiger partial charge in [0.15, 0.2) is 0 Å². The highest BCUT2D eigenvalue weighted by Gasteiger charge is 2.34. The van der Waals surface area contributed by atoms with E-state index in [0.717, 1.165) is 11.0 Å². The fraction of sp³-hybridized carbons (Fsp3) is 0.211. The van der Waals surface area contributed by atoms with Crippen molar-refractivity contribution < 1.29 is 24.0 Å². The molecule has 0 atom stereocenters. The van der Waals surface area contributed by atoms with E-state index in [-0.39, 0.29) is 53.3 Å². The normalized spacial score (nSPS) is 12.7. The lowest BCUT2D eigenvalue weighted by molar-refractivity contribution is -0.384. The van der Waals surface area contributed by atoms with Crippen LogP contribution in [0.3, 0.4) is 0 Å². The molecule has 1 N–H and O–H groups in total. The maximum absolute atomic E-state index is 12.3. The Kier molecular flexibility index (Phi) is 5.79. The van der Waals surface area contributed by atoms with Gasteiger partial charge in [0.05, 0.1) is 34.9 Å². The Balaban J connectivity index is 1.60. The quantitative estimate of drug-likeness (QED) is 0.419. The van der Waals surface area contributed by atoms with E-state index >= 15 is 0 Å². The van der Waals surface area contributed by atoms with Crippen molar-refractivity contribution in [2.45, 2.75) is 12.8 Å². The summed E-state index contributed by atoms with van der Waals surface area (Å²) in [7, 11) is 1.31. The smallest absolute Gasteiger partial charge is 0.291 e. The molecule has 2 aromatic rings. The van der Waals surface area contributed by atoms with Gasteiger partial charge in [-0.3, -0.25) is 29.4 Å². The first-order chi connectivity index (χ1) is 13.8. The first kappa shape index (κ1) is 20.3. The number of rotatable bonds is 7. The molecule has 10 heteroatoms. The van der Waals surface area contributed by atoms with E-state index in [4.69, 9.17) is 16.3 Å². The van der Waals surface area contributed by atoms with Crippen LogP contribution < -0.4 is 10.1 Å². The van der Waals surface area contributed by atoms with E-state index in [1.54, 1.807) is 24.3 Å². The van der Waals surface area contributed by atoms with Crippen LogP contribution in [-0.4, -0.2) is 41.2 Å². The van der Waals surface area contributed by atoms with Crippen molar-refractivity contribution >= 4 is 40.7 Å². The summed E-state index contributed by atoms with van der Waals surface area (Å²) in [6, 6.07) is 8.91. The van der Waals surface area contributed by atoms with Gasteiger partial charge in [0.25, 0.3) is 17.5 Å². The van der Waals surface area contributed by atoms with Gasteiger partial charge in [0.2, 0.25) is 5.91 Å². The van der Waals surface area contributed by atoms with Crippen LogP contribution >= 0.6 is 11.6 Å². The second-order valence-corrected chi connectivity index (χ2v) is 6.63. The number of hydrogen-bond donors (Lipinski definition) is 1. The average molecular weight is 418 g/mol. The molecule has 3 rings (SSSR count). The second-order valence-electron chi connectivity index (χ2n) is 6.22. The minimum absolute atomic E-state index is 0.0190. The number of ether oxygens (including phenoxy) is 1. The predicted octanol–water partition coefficient (Wildman–Crippen LogP) is 3.27. The fourth-order valence-corrected chi connectivity index (χ4v) is 3.23. The third-order valence-electron chi connectivity index (χ3n) is 4.40. The number of fused-ring (bicyclic) bond motifs is 1. The van der Waals surface area contributed by atoms with Crippen molar-refractivity contribution in [2.75, 3.05) is 19.0 Å². The zero-order valence-corrected chi connectivity index (χ0v) is 16.1. The van der Waals surface area contributed by atoms with E-state index in [1.807, 2.05) is 0 Å². The highest BCUT2D eigenvalue weighted by Crippen LogP contribution is 2.35. The van der Waals surface area contributed by atoms with Crippen molar-refractivity contribution in [1.82, 2.24) is 4.90 Å². The van der Waals surface area contributed by atoms with Gasteiger partial charge in [-0.25, -0.2) is 0 Å². The summed E-state index contributed by atoms with van der Waals surface area (Å²) < 4.78 is 5.07. The topological polar surface area (TPSA) is 119 Å². The lowest BCUT2D eigenvalue weighted by atomic mass is 10.1. The molecule has 0 fully saturated rings. The molecule has 9 nitrogen and oxygen atoms in total. The molecule has 0 bridgehead atoms. The molecule has 0 saturated carbocycles. The van der Waals surface area contributed by atoms with Crippen molar-refractivity contribution in [3.63, 3.8) is 0 Å². The van der Waals surface area contributed by atoms with Gasteiger partial charge in [-0.05, 0) is 24.6 Å². The minimum atomic E-state index is -0.654. The molecule has 1 aliphatic rings. The Labute approximate surface area is 170 Å². The van der Waals surface area contributed by atoms with Gasteiger partial charge in [-0.2, -0.15) is 0 Å². The number of nitrogens with one attached hydrogen (secondary N) is 1. The van der Waals surface area contributed by atoms with Crippen LogP contribution in [0, 0.1) is 10.1 Å². The second kappa shape index (κ2) is 8.27. The van der Waals surface area contributed by atoms with E-state index < -0.39 is 10.8 Å². The first-order valence-electron chi connectivity index (χ1n) is 8.60. The first-order valence-corrected chi connectivity index (χ1v) is 8.98. The molecule has 0 saturated heterocycles. The van der Waals surface area contributed by atoms with Crippen LogP contribution in [0.1, 0.15) is 33.6 Å². The number of nitro groups is 1.